The zero-order valence-electron chi connectivity index (χ0n) is 13.1. The van der Waals surface area contributed by atoms with Crippen LogP contribution < -0.4 is 5.32 Å². The van der Waals surface area contributed by atoms with Gasteiger partial charge in [0.15, 0.2) is 0 Å². The first-order chi connectivity index (χ1) is 10.4. The van der Waals surface area contributed by atoms with E-state index in [0.29, 0.717) is 25.6 Å². The van der Waals surface area contributed by atoms with Crippen LogP contribution in [-0.2, 0) is 6.18 Å². The van der Waals surface area contributed by atoms with E-state index in [4.69, 9.17) is 0 Å². The summed E-state index contributed by atoms with van der Waals surface area (Å²) < 4.78 is 53.2. The molecule has 1 fully saturated rings. The highest BCUT2D eigenvalue weighted by molar-refractivity contribution is 5.85. The minimum Gasteiger partial charge on any atom is -0.314 e. The number of unbranched alkanes of at least 4 members (excludes halogenated alkanes) is 1. The molecular formula is C16H23ClF4N2. The topological polar surface area (TPSA) is 15.3 Å². The summed E-state index contributed by atoms with van der Waals surface area (Å²) in [6.45, 7) is 4.98. The summed E-state index contributed by atoms with van der Waals surface area (Å²) in [5.41, 5.74) is -0.642. The molecular weight excluding hydrogens is 332 g/mol. The number of hydrogen-bond acceptors (Lipinski definition) is 2. The molecule has 1 N–H and O–H groups in total. The van der Waals surface area contributed by atoms with Crippen LogP contribution in [0.5, 0.6) is 0 Å². The Morgan fingerprint density at radius 1 is 1.22 bits per heavy atom. The maximum absolute atomic E-state index is 13.3. The van der Waals surface area contributed by atoms with E-state index in [1.807, 2.05) is 6.92 Å². The molecule has 132 valence electrons. The summed E-state index contributed by atoms with van der Waals surface area (Å²) in [5, 5.41) is 3.21. The maximum atomic E-state index is 13.3. The molecule has 1 aliphatic rings. The molecule has 0 saturated carbocycles. The van der Waals surface area contributed by atoms with Gasteiger partial charge in [-0.1, -0.05) is 25.8 Å². The van der Waals surface area contributed by atoms with Crippen molar-refractivity contribution in [3.63, 3.8) is 0 Å². The van der Waals surface area contributed by atoms with Gasteiger partial charge in [0.1, 0.15) is 5.82 Å². The summed E-state index contributed by atoms with van der Waals surface area (Å²) in [6.07, 6.45) is -2.10. The highest BCUT2D eigenvalue weighted by Gasteiger charge is 2.37. The first kappa shape index (κ1) is 20.2. The van der Waals surface area contributed by atoms with Crippen LogP contribution in [0.1, 0.15) is 43.4 Å². The predicted molar refractivity (Wildman–Crippen MR) is 85.4 cm³/mol. The number of nitrogens with zero attached hydrogens (tertiary/aromatic N) is 1. The highest BCUT2D eigenvalue weighted by Crippen LogP contribution is 2.38. The van der Waals surface area contributed by atoms with E-state index in [0.717, 1.165) is 32.0 Å². The quantitative estimate of drug-likeness (QED) is 0.788. The van der Waals surface area contributed by atoms with Crippen LogP contribution in [0.15, 0.2) is 18.2 Å². The summed E-state index contributed by atoms with van der Waals surface area (Å²) in [7, 11) is 0. The molecule has 0 bridgehead atoms. The van der Waals surface area contributed by atoms with Gasteiger partial charge >= 0.3 is 6.18 Å². The van der Waals surface area contributed by atoms with Crippen molar-refractivity contribution in [1.82, 2.24) is 10.2 Å². The molecule has 2 rings (SSSR count). The Labute approximate surface area is 140 Å². The second-order valence-electron chi connectivity index (χ2n) is 5.67. The summed E-state index contributed by atoms with van der Waals surface area (Å²) in [5.74, 6) is -0.842. The van der Waals surface area contributed by atoms with Crippen molar-refractivity contribution < 1.29 is 17.6 Å². The molecule has 1 aromatic carbocycles. The Morgan fingerprint density at radius 2 is 1.87 bits per heavy atom. The molecule has 0 aromatic heterocycles. The molecule has 1 saturated heterocycles. The Morgan fingerprint density at radius 3 is 2.43 bits per heavy atom. The monoisotopic (exact) mass is 354 g/mol. The Balaban J connectivity index is 0.00000264. The van der Waals surface area contributed by atoms with E-state index in [2.05, 4.69) is 10.2 Å². The van der Waals surface area contributed by atoms with Crippen LogP contribution in [0.2, 0.25) is 0 Å². The third kappa shape index (κ3) is 5.33. The minimum atomic E-state index is -4.53. The molecule has 0 aliphatic carbocycles. The normalized spacial score (nSPS) is 17.6. The van der Waals surface area contributed by atoms with E-state index in [-0.39, 0.29) is 24.0 Å². The number of alkyl halides is 3. The lowest BCUT2D eigenvalue weighted by Gasteiger charge is -2.36. The van der Waals surface area contributed by atoms with Gasteiger partial charge in [0.2, 0.25) is 0 Å². The Hall–Kier alpha value is -0.850. The van der Waals surface area contributed by atoms with Crippen LogP contribution >= 0.6 is 12.4 Å². The molecule has 1 atom stereocenters. The van der Waals surface area contributed by atoms with E-state index in [9.17, 15) is 17.6 Å². The van der Waals surface area contributed by atoms with Gasteiger partial charge in [-0.2, -0.15) is 13.2 Å². The van der Waals surface area contributed by atoms with Gasteiger partial charge in [0.25, 0.3) is 0 Å². The molecule has 0 spiro atoms. The van der Waals surface area contributed by atoms with Crippen molar-refractivity contribution in [2.45, 2.75) is 38.4 Å². The van der Waals surface area contributed by atoms with Crippen molar-refractivity contribution >= 4 is 12.4 Å². The summed E-state index contributed by atoms with van der Waals surface area (Å²) in [4.78, 5) is 2.08. The van der Waals surface area contributed by atoms with Crippen LogP contribution in [-0.4, -0.2) is 31.1 Å². The van der Waals surface area contributed by atoms with Crippen molar-refractivity contribution in [3.8, 4) is 0 Å². The highest BCUT2D eigenvalue weighted by atomic mass is 35.5. The SMILES string of the molecule is CCCC[C@H](c1ccc(F)cc1C(F)(F)F)N1CCNCC1.Cl. The average molecular weight is 355 g/mol. The van der Waals surface area contributed by atoms with Crippen molar-refractivity contribution in [2.24, 2.45) is 0 Å². The summed E-state index contributed by atoms with van der Waals surface area (Å²) in [6, 6.07) is 2.75. The van der Waals surface area contributed by atoms with Crippen molar-refractivity contribution in [2.75, 3.05) is 26.2 Å². The van der Waals surface area contributed by atoms with Gasteiger partial charge in [-0.3, -0.25) is 4.90 Å². The third-order valence-electron chi connectivity index (χ3n) is 4.10. The van der Waals surface area contributed by atoms with Crippen LogP contribution in [0.4, 0.5) is 17.6 Å². The Bertz CT molecular complexity index is 487. The van der Waals surface area contributed by atoms with Gasteiger partial charge in [-0.25, -0.2) is 4.39 Å². The van der Waals surface area contributed by atoms with Crippen LogP contribution in [0, 0.1) is 5.82 Å². The smallest absolute Gasteiger partial charge is 0.314 e. The number of hydrogen-bond donors (Lipinski definition) is 1. The molecule has 7 heteroatoms. The second kappa shape index (κ2) is 8.85. The molecule has 2 nitrogen and oxygen atoms in total. The first-order valence-electron chi connectivity index (χ1n) is 7.75. The van der Waals surface area contributed by atoms with Gasteiger partial charge in [0.05, 0.1) is 5.56 Å². The third-order valence-corrected chi connectivity index (χ3v) is 4.10. The van der Waals surface area contributed by atoms with E-state index < -0.39 is 17.6 Å². The fraction of sp³-hybridized carbons (Fsp3) is 0.625. The largest absolute Gasteiger partial charge is 0.416 e. The van der Waals surface area contributed by atoms with E-state index in [1.54, 1.807) is 0 Å². The molecule has 0 amide bonds. The number of benzene rings is 1. The number of rotatable bonds is 5. The lowest BCUT2D eigenvalue weighted by Crippen LogP contribution is -2.45. The molecule has 1 aromatic rings. The van der Waals surface area contributed by atoms with E-state index >= 15 is 0 Å². The van der Waals surface area contributed by atoms with Gasteiger partial charge < -0.3 is 5.32 Å². The summed E-state index contributed by atoms with van der Waals surface area (Å²) >= 11 is 0. The van der Waals surface area contributed by atoms with E-state index in [1.165, 1.54) is 6.07 Å². The van der Waals surface area contributed by atoms with Gasteiger partial charge in [0, 0.05) is 32.2 Å². The molecule has 1 heterocycles. The molecule has 0 radical (unpaired) electrons. The zero-order chi connectivity index (χ0) is 16.2. The van der Waals surface area contributed by atoms with Gasteiger partial charge in [-0.15, -0.1) is 12.4 Å². The minimum absolute atomic E-state index is 0. The average Bonchev–Trinajstić information content (AvgIpc) is 2.49. The number of nitrogens with one attached hydrogen (secondary N) is 1. The Kier molecular flexibility index (Phi) is 7.77. The fourth-order valence-electron chi connectivity index (χ4n) is 2.99. The van der Waals surface area contributed by atoms with Crippen molar-refractivity contribution in [3.05, 3.63) is 35.1 Å². The standard InChI is InChI=1S/C16H22F4N2.ClH/c1-2-3-4-15(22-9-7-21-8-10-22)13-6-5-12(17)11-14(13)16(18,19)20;/h5-6,11,15,21H,2-4,7-10H2,1H3;1H/t15-;/m1./s1. The molecule has 23 heavy (non-hydrogen) atoms. The zero-order valence-corrected chi connectivity index (χ0v) is 13.9. The fourth-order valence-corrected chi connectivity index (χ4v) is 2.99. The van der Waals surface area contributed by atoms with Crippen molar-refractivity contribution in [1.29, 1.82) is 0 Å². The lowest BCUT2D eigenvalue weighted by molar-refractivity contribution is -0.139. The predicted octanol–water partition coefficient (Wildman–Crippen LogP) is 4.40. The first-order valence-corrected chi connectivity index (χ1v) is 7.75. The van der Waals surface area contributed by atoms with Crippen LogP contribution in [0.3, 0.4) is 0 Å². The lowest BCUT2D eigenvalue weighted by atomic mass is 9.94. The van der Waals surface area contributed by atoms with Crippen LogP contribution in [0.25, 0.3) is 0 Å². The number of piperazine rings is 1. The second-order valence-corrected chi connectivity index (χ2v) is 5.67. The molecule has 0 unspecified atom stereocenters. The maximum Gasteiger partial charge on any atom is 0.416 e. The molecule has 1 aliphatic heterocycles. The number of halogens is 5. The van der Waals surface area contributed by atoms with Gasteiger partial charge in [-0.05, 0) is 24.1 Å².